The third kappa shape index (κ3) is 5.85. The average molecular weight is 525 g/mol. The number of hydrogen-bond donors (Lipinski definition) is 2. The summed E-state index contributed by atoms with van der Waals surface area (Å²) in [7, 11) is 1.58. The molecule has 8 heteroatoms. The summed E-state index contributed by atoms with van der Waals surface area (Å²) in [5.41, 5.74) is 3.73. The Kier molecular flexibility index (Phi) is 7.70. The molecule has 0 amide bonds. The number of aryl methyl sites for hydroxylation is 1. The monoisotopic (exact) mass is 523 g/mol. The van der Waals surface area contributed by atoms with Gasteiger partial charge in [-0.15, -0.1) is 0 Å². The van der Waals surface area contributed by atoms with Gasteiger partial charge >= 0.3 is 5.97 Å². The van der Waals surface area contributed by atoms with Gasteiger partial charge in [-0.25, -0.2) is 4.79 Å². The molecular formula is C23H20BrCl2NO4. The molecule has 0 aliphatic heterocycles. The lowest BCUT2D eigenvalue weighted by Crippen LogP contribution is -2.05. The zero-order valence-corrected chi connectivity index (χ0v) is 19.9. The molecule has 0 unspecified atom stereocenters. The Morgan fingerprint density at radius 1 is 1.06 bits per heavy atom. The first kappa shape index (κ1) is 23.3. The minimum absolute atomic E-state index is 0.258. The third-order valence-corrected chi connectivity index (χ3v) is 6.00. The second-order valence-corrected chi connectivity index (χ2v) is 8.51. The van der Waals surface area contributed by atoms with Gasteiger partial charge in [0.15, 0.2) is 11.5 Å². The van der Waals surface area contributed by atoms with Crippen LogP contribution in [0.15, 0.2) is 53.0 Å². The van der Waals surface area contributed by atoms with E-state index in [9.17, 15) is 4.79 Å². The summed E-state index contributed by atoms with van der Waals surface area (Å²) in [6.07, 6.45) is 0. The van der Waals surface area contributed by atoms with Gasteiger partial charge < -0.3 is 19.9 Å². The molecular weight excluding hydrogens is 505 g/mol. The number of aromatic carboxylic acids is 1. The normalized spacial score (nSPS) is 10.6. The lowest BCUT2D eigenvalue weighted by atomic mass is 10.1. The first-order valence-electron chi connectivity index (χ1n) is 9.29. The van der Waals surface area contributed by atoms with E-state index in [0.29, 0.717) is 28.1 Å². The topological polar surface area (TPSA) is 67.8 Å². The number of benzene rings is 3. The predicted molar refractivity (Wildman–Crippen MR) is 127 cm³/mol. The molecule has 31 heavy (non-hydrogen) atoms. The van der Waals surface area contributed by atoms with Crippen LogP contribution < -0.4 is 14.8 Å². The van der Waals surface area contributed by atoms with Crippen molar-refractivity contribution in [1.29, 1.82) is 0 Å². The number of anilines is 1. The minimum atomic E-state index is -0.947. The summed E-state index contributed by atoms with van der Waals surface area (Å²) in [6.45, 7) is 2.64. The molecule has 0 aliphatic carbocycles. The van der Waals surface area contributed by atoms with Gasteiger partial charge in [-0.2, -0.15) is 0 Å². The van der Waals surface area contributed by atoms with Crippen molar-refractivity contribution in [3.8, 4) is 11.5 Å². The number of carboxylic acid groups (broad SMARTS) is 1. The van der Waals surface area contributed by atoms with Crippen molar-refractivity contribution >= 4 is 50.8 Å². The van der Waals surface area contributed by atoms with Crippen molar-refractivity contribution in [1.82, 2.24) is 0 Å². The van der Waals surface area contributed by atoms with E-state index in [1.807, 2.05) is 25.1 Å². The van der Waals surface area contributed by atoms with Crippen LogP contribution >= 0.6 is 39.1 Å². The van der Waals surface area contributed by atoms with Gasteiger partial charge in [0.2, 0.25) is 0 Å². The summed E-state index contributed by atoms with van der Waals surface area (Å²) < 4.78 is 12.3. The number of carboxylic acids is 1. The molecule has 162 valence electrons. The van der Waals surface area contributed by atoms with E-state index in [1.54, 1.807) is 37.4 Å². The van der Waals surface area contributed by atoms with E-state index in [0.717, 1.165) is 26.9 Å². The summed E-state index contributed by atoms with van der Waals surface area (Å²) in [5, 5.41) is 13.5. The Hall–Kier alpha value is -2.41. The van der Waals surface area contributed by atoms with Gasteiger partial charge in [0, 0.05) is 32.3 Å². The second-order valence-electron chi connectivity index (χ2n) is 6.81. The van der Waals surface area contributed by atoms with Crippen LogP contribution in [0.1, 0.15) is 27.0 Å². The molecule has 2 N–H and O–H groups in total. The van der Waals surface area contributed by atoms with Crippen LogP contribution in [-0.4, -0.2) is 18.2 Å². The zero-order chi connectivity index (χ0) is 22.5. The number of ether oxygens (including phenoxy) is 2. The molecule has 0 fully saturated rings. The van der Waals surface area contributed by atoms with Gasteiger partial charge in [-0.3, -0.25) is 0 Å². The van der Waals surface area contributed by atoms with E-state index >= 15 is 0 Å². The zero-order valence-electron chi connectivity index (χ0n) is 16.8. The molecule has 0 saturated heterocycles. The standard InChI is InChI=1S/C23H20BrCl2NO4/c1-13-7-14(23(28)29)4-6-20(13)27-11-16-8-21(30-2)22(10-18(16)24)31-12-15-3-5-17(25)9-19(15)26/h3-10,27H,11-12H2,1-2H3,(H,28,29). The van der Waals surface area contributed by atoms with E-state index in [2.05, 4.69) is 21.2 Å². The van der Waals surface area contributed by atoms with Gasteiger partial charge in [0.25, 0.3) is 0 Å². The number of carbonyl (C=O) groups is 1. The highest BCUT2D eigenvalue weighted by atomic mass is 79.9. The molecule has 0 atom stereocenters. The maximum Gasteiger partial charge on any atom is 0.335 e. The lowest BCUT2D eigenvalue weighted by Gasteiger charge is -2.16. The van der Waals surface area contributed by atoms with Crippen molar-refractivity contribution in [2.45, 2.75) is 20.1 Å². The molecule has 3 rings (SSSR count). The molecule has 0 aromatic heterocycles. The Morgan fingerprint density at radius 3 is 2.48 bits per heavy atom. The lowest BCUT2D eigenvalue weighted by molar-refractivity contribution is 0.0697. The largest absolute Gasteiger partial charge is 0.493 e. The van der Waals surface area contributed by atoms with E-state index in [4.69, 9.17) is 37.8 Å². The molecule has 0 saturated carbocycles. The number of rotatable bonds is 8. The Morgan fingerprint density at radius 2 is 1.84 bits per heavy atom. The fraction of sp³-hybridized carbons (Fsp3) is 0.174. The van der Waals surface area contributed by atoms with Crippen LogP contribution in [0, 0.1) is 6.92 Å². The fourth-order valence-corrected chi connectivity index (χ4v) is 3.89. The van der Waals surface area contributed by atoms with Gasteiger partial charge in [0.05, 0.1) is 12.7 Å². The van der Waals surface area contributed by atoms with Crippen molar-refractivity contribution < 1.29 is 19.4 Å². The second kappa shape index (κ2) is 10.3. The number of methoxy groups -OCH3 is 1. The summed E-state index contributed by atoms with van der Waals surface area (Å²) in [6, 6.07) is 14.0. The predicted octanol–water partition coefficient (Wildman–Crippen LogP) is 6.96. The summed E-state index contributed by atoms with van der Waals surface area (Å²) in [4.78, 5) is 11.1. The van der Waals surface area contributed by atoms with Crippen molar-refractivity contribution in [3.63, 3.8) is 0 Å². The molecule has 0 aliphatic rings. The highest BCUT2D eigenvalue weighted by Crippen LogP contribution is 2.35. The number of hydrogen-bond acceptors (Lipinski definition) is 4. The molecule has 0 heterocycles. The molecule has 3 aromatic rings. The molecule has 0 spiro atoms. The van der Waals surface area contributed by atoms with Gasteiger partial charge in [-0.05, 0) is 60.5 Å². The Balaban J connectivity index is 1.74. The van der Waals surface area contributed by atoms with Gasteiger partial charge in [-0.1, -0.05) is 45.2 Å². The van der Waals surface area contributed by atoms with Crippen molar-refractivity contribution in [2.24, 2.45) is 0 Å². The van der Waals surface area contributed by atoms with E-state index < -0.39 is 5.97 Å². The van der Waals surface area contributed by atoms with Crippen LogP contribution in [0.3, 0.4) is 0 Å². The first-order valence-corrected chi connectivity index (χ1v) is 10.8. The highest BCUT2D eigenvalue weighted by Gasteiger charge is 2.13. The van der Waals surface area contributed by atoms with Gasteiger partial charge in [0.1, 0.15) is 6.61 Å². The van der Waals surface area contributed by atoms with Crippen LogP contribution in [-0.2, 0) is 13.2 Å². The fourth-order valence-electron chi connectivity index (χ4n) is 2.96. The molecule has 0 bridgehead atoms. The van der Waals surface area contributed by atoms with Crippen LogP contribution in [0.2, 0.25) is 10.0 Å². The molecule has 3 aromatic carbocycles. The Bertz CT molecular complexity index is 1120. The maximum absolute atomic E-state index is 11.1. The quantitative estimate of drug-likeness (QED) is 0.333. The minimum Gasteiger partial charge on any atom is -0.493 e. The third-order valence-electron chi connectivity index (χ3n) is 4.67. The Labute approximate surface area is 199 Å². The van der Waals surface area contributed by atoms with Crippen LogP contribution in [0.4, 0.5) is 5.69 Å². The maximum atomic E-state index is 11.1. The SMILES string of the molecule is COc1cc(CNc2ccc(C(=O)O)cc2C)c(Br)cc1OCc1ccc(Cl)cc1Cl. The molecule has 0 radical (unpaired) electrons. The van der Waals surface area contributed by atoms with Crippen LogP contribution in [0.25, 0.3) is 0 Å². The van der Waals surface area contributed by atoms with E-state index in [-0.39, 0.29) is 12.2 Å². The first-order chi connectivity index (χ1) is 14.8. The molecule has 5 nitrogen and oxygen atoms in total. The summed E-state index contributed by atoms with van der Waals surface area (Å²) >= 11 is 15.7. The number of nitrogens with one attached hydrogen (secondary N) is 1. The number of halogens is 3. The smallest absolute Gasteiger partial charge is 0.335 e. The summed E-state index contributed by atoms with van der Waals surface area (Å²) in [5.74, 6) is 0.215. The van der Waals surface area contributed by atoms with Crippen molar-refractivity contribution in [2.75, 3.05) is 12.4 Å². The van der Waals surface area contributed by atoms with Crippen LogP contribution in [0.5, 0.6) is 11.5 Å². The highest BCUT2D eigenvalue weighted by molar-refractivity contribution is 9.10. The van der Waals surface area contributed by atoms with Crippen molar-refractivity contribution in [3.05, 3.63) is 85.3 Å². The average Bonchev–Trinajstić information content (AvgIpc) is 2.73. The van der Waals surface area contributed by atoms with E-state index in [1.165, 1.54) is 0 Å².